The average Bonchev–Trinajstić information content (AvgIpc) is 2.73. The Morgan fingerprint density at radius 2 is 1.80 bits per heavy atom. The molecule has 1 aromatic carbocycles. The van der Waals surface area contributed by atoms with E-state index >= 15 is 0 Å². The molecule has 1 aromatic heterocycles. The number of hydrogen-bond donors (Lipinski definition) is 0. The van der Waals surface area contributed by atoms with Crippen LogP contribution in [-0.2, 0) is 21.3 Å². The van der Waals surface area contributed by atoms with Crippen LogP contribution in [0.15, 0.2) is 34.9 Å². The van der Waals surface area contributed by atoms with Crippen LogP contribution < -0.4 is 0 Å². The lowest BCUT2D eigenvalue weighted by atomic mass is 10.0. The molecule has 0 saturated heterocycles. The summed E-state index contributed by atoms with van der Waals surface area (Å²) >= 11 is 0. The number of hydrogen-bond acceptors (Lipinski definition) is 4. The largest absolute Gasteiger partial charge is 0.361 e. The summed E-state index contributed by atoms with van der Waals surface area (Å²) in [4.78, 5) is 0. The van der Waals surface area contributed by atoms with Gasteiger partial charge >= 0.3 is 0 Å². The van der Waals surface area contributed by atoms with Crippen molar-refractivity contribution in [2.45, 2.75) is 38.2 Å². The minimum Gasteiger partial charge on any atom is -0.361 e. The maximum Gasteiger partial charge on any atom is 0.160 e. The average molecular weight is 293 g/mol. The van der Waals surface area contributed by atoms with Gasteiger partial charge in [-0.05, 0) is 24.0 Å². The molecule has 4 nitrogen and oxygen atoms in total. The zero-order valence-corrected chi connectivity index (χ0v) is 12.8. The van der Waals surface area contributed by atoms with Crippen LogP contribution in [0.1, 0.15) is 42.3 Å². The zero-order valence-electron chi connectivity index (χ0n) is 12.0. The van der Waals surface area contributed by atoms with E-state index in [9.17, 15) is 8.42 Å². The van der Waals surface area contributed by atoms with Gasteiger partial charge < -0.3 is 4.52 Å². The first kappa shape index (κ1) is 14.8. The molecule has 0 amide bonds. The number of benzene rings is 1. The fraction of sp³-hybridized carbons (Fsp3) is 0.400. The zero-order chi connectivity index (χ0) is 14.8. The van der Waals surface area contributed by atoms with E-state index in [0.717, 1.165) is 5.56 Å². The van der Waals surface area contributed by atoms with Crippen LogP contribution in [0.3, 0.4) is 0 Å². The van der Waals surface area contributed by atoms with Gasteiger partial charge in [-0.2, -0.15) is 0 Å². The van der Waals surface area contributed by atoms with E-state index in [2.05, 4.69) is 19.0 Å². The van der Waals surface area contributed by atoms with Gasteiger partial charge in [-0.25, -0.2) is 8.42 Å². The van der Waals surface area contributed by atoms with Crippen LogP contribution in [-0.4, -0.2) is 13.6 Å². The third-order valence-electron chi connectivity index (χ3n) is 3.08. The van der Waals surface area contributed by atoms with Crippen LogP contribution in [0, 0.1) is 6.92 Å². The van der Waals surface area contributed by atoms with Gasteiger partial charge in [0.1, 0.15) is 5.76 Å². The van der Waals surface area contributed by atoms with Crippen LogP contribution in [0.2, 0.25) is 0 Å². The Hall–Kier alpha value is -1.62. The molecule has 0 spiro atoms. The second-order valence-corrected chi connectivity index (χ2v) is 7.42. The Labute approximate surface area is 119 Å². The molecule has 0 fully saturated rings. The van der Waals surface area contributed by atoms with Crippen LogP contribution >= 0.6 is 0 Å². The Morgan fingerprint density at radius 3 is 2.30 bits per heavy atom. The summed E-state index contributed by atoms with van der Waals surface area (Å²) in [5, 5.41) is 3.73. The van der Waals surface area contributed by atoms with Crippen molar-refractivity contribution in [3.8, 4) is 0 Å². The first-order chi connectivity index (χ1) is 9.35. The SMILES string of the molecule is Cc1cc(CS(=O)(=O)Cc2ccc(C(C)C)cc2)no1. The van der Waals surface area contributed by atoms with Crippen molar-refractivity contribution >= 4 is 9.84 Å². The summed E-state index contributed by atoms with van der Waals surface area (Å²) in [6, 6.07) is 9.37. The number of aromatic nitrogens is 1. The highest BCUT2D eigenvalue weighted by atomic mass is 32.2. The van der Waals surface area contributed by atoms with Crippen molar-refractivity contribution in [1.82, 2.24) is 5.16 Å². The van der Waals surface area contributed by atoms with Crippen LogP contribution in [0.4, 0.5) is 0 Å². The summed E-state index contributed by atoms with van der Waals surface area (Å²) in [6.07, 6.45) is 0. The summed E-state index contributed by atoms with van der Waals surface area (Å²) in [5.74, 6) is 1.00. The topological polar surface area (TPSA) is 60.2 Å². The molecule has 0 bridgehead atoms. The van der Waals surface area contributed by atoms with Gasteiger partial charge in [0.05, 0.1) is 17.2 Å². The Balaban J connectivity index is 2.08. The molecule has 0 radical (unpaired) electrons. The molecule has 0 aliphatic rings. The van der Waals surface area contributed by atoms with Gasteiger partial charge in [0.15, 0.2) is 9.84 Å². The quantitative estimate of drug-likeness (QED) is 0.849. The van der Waals surface area contributed by atoms with Crippen molar-refractivity contribution in [1.29, 1.82) is 0 Å². The molecule has 108 valence electrons. The molecule has 0 saturated carbocycles. The Bertz CT molecular complexity index is 669. The summed E-state index contributed by atoms with van der Waals surface area (Å²) < 4.78 is 29.1. The van der Waals surface area contributed by atoms with Crippen molar-refractivity contribution in [3.63, 3.8) is 0 Å². The Kier molecular flexibility index (Phi) is 4.28. The predicted molar refractivity (Wildman–Crippen MR) is 78.1 cm³/mol. The molecular weight excluding hydrogens is 274 g/mol. The second-order valence-electron chi connectivity index (χ2n) is 5.36. The summed E-state index contributed by atoms with van der Waals surface area (Å²) in [6.45, 7) is 5.96. The lowest BCUT2D eigenvalue weighted by Crippen LogP contribution is -2.08. The number of sulfone groups is 1. The summed E-state index contributed by atoms with van der Waals surface area (Å²) in [7, 11) is -3.23. The van der Waals surface area contributed by atoms with E-state index in [1.54, 1.807) is 13.0 Å². The van der Waals surface area contributed by atoms with Gasteiger partial charge in [0, 0.05) is 6.07 Å². The lowest BCUT2D eigenvalue weighted by Gasteiger charge is -2.07. The van der Waals surface area contributed by atoms with Gasteiger partial charge in [-0.15, -0.1) is 0 Å². The molecule has 0 N–H and O–H groups in total. The third kappa shape index (κ3) is 3.93. The monoisotopic (exact) mass is 293 g/mol. The van der Waals surface area contributed by atoms with E-state index in [1.165, 1.54) is 5.56 Å². The first-order valence-electron chi connectivity index (χ1n) is 6.57. The fourth-order valence-corrected chi connectivity index (χ4v) is 3.40. The predicted octanol–water partition coefficient (Wildman–Crippen LogP) is 3.22. The molecule has 20 heavy (non-hydrogen) atoms. The van der Waals surface area contributed by atoms with E-state index in [0.29, 0.717) is 17.4 Å². The van der Waals surface area contributed by atoms with Crippen molar-refractivity contribution in [3.05, 3.63) is 52.9 Å². The minimum atomic E-state index is -3.23. The standard InChI is InChI=1S/C15H19NO3S/c1-11(2)14-6-4-13(5-7-14)9-20(17,18)10-15-8-12(3)19-16-15/h4-8,11H,9-10H2,1-3H3. The molecule has 0 atom stereocenters. The maximum absolute atomic E-state index is 12.1. The molecule has 1 heterocycles. The molecular formula is C15H19NO3S. The second kappa shape index (κ2) is 5.79. The van der Waals surface area contributed by atoms with E-state index in [-0.39, 0.29) is 11.5 Å². The van der Waals surface area contributed by atoms with E-state index < -0.39 is 9.84 Å². The molecule has 2 rings (SSSR count). The van der Waals surface area contributed by atoms with Crippen LogP contribution in [0.25, 0.3) is 0 Å². The lowest BCUT2D eigenvalue weighted by molar-refractivity contribution is 0.392. The molecule has 0 aliphatic heterocycles. The maximum atomic E-state index is 12.1. The number of rotatable bonds is 5. The van der Waals surface area contributed by atoms with Gasteiger partial charge in [-0.1, -0.05) is 43.3 Å². The molecule has 2 aromatic rings. The highest BCUT2D eigenvalue weighted by Gasteiger charge is 2.16. The van der Waals surface area contributed by atoms with Crippen molar-refractivity contribution in [2.24, 2.45) is 0 Å². The Morgan fingerprint density at radius 1 is 1.15 bits per heavy atom. The molecule has 0 aliphatic carbocycles. The van der Waals surface area contributed by atoms with Crippen molar-refractivity contribution in [2.75, 3.05) is 0 Å². The normalized spacial score (nSPS) is 12.0. The summed E-state index contributed by atoms with van der Waals surface area (Å²) in [5.41, 5.74) is 2.47. The van der Waals surface area contributed by atoms with Crippen molar-refractivity contribution < 1.29 is 12.9 Å². The van der Waals surface area contributed by atoms with Gasteiger partial charge in [0.2, 0.25) is 0 Å². The fourth-order valence-electron chi connectivity index (χ4n) is 2.02. The highest BCUT2D eigenvalue weighted by molar-refractivity contribution is 7.89. The number of aryl methyl sites for hydroxylation is 1. The smallest absolute Gasteiger partial charge is 0.160 e. The minimum absolute atomic E-state index is 0.0251. The highest BCUT2D eigenvalue weighted by Crippen LogP contribution is 2.17. The van der Waals surface area contributed by atoms with E-state index in [4.69, 9.17) is 4.52 Å². The molecule has 0 unspecified atom stereocenters. The first-order valence-corrected chi connectivity index (χ1v) is 8.39. The van der Waals surface area contributed by atoms with Gasteiger partial charge in [-0.3, -0.25) is 0 Å². The van der Waals surface area contributed by atoms with E-state index in [1.807, 2.05) is 24.3 Å². The third-order valence-corrected chi connectivity index (χ3v) is 4.59. The van der Waals surface area contributed by atoms with Crippen LogP contribution in [0.5, 0.6) is 0 Å². The number of nitrogens with zero attached hydrogens (tertiary/aromatic N) is 1. The van der Waals surface area contributed by atoms with Gasteiger partial charge in [0.25, 0.3) is 0 Å². The molecule has 5 heteroatoms.